The Morgan fingerprint density at radius 1 is 1.60 bits per heavy atom. The Morgan fingerprint density at radius 3 is 2.60 bits per heavy atom. The van der Waals surface area contributed by atoms with Gasteiger partial charge in [0, 0.05) is 11.5 Å². The quantitative estimate of drug-likeness (QED) is 0.771. The van der Waals surface area contributed by atoms with Crippen molar-refractivity contribution in [1.29, 1.82) is 0 Å². The molecule has 0 aliphatic heterocycles. The Labute approximate surface area is 89.0 Å². The van der Waals surface area contributed by atoms with E-state index in [4.69, 9.17) is 10.3 Å². The van der Waals surface area contributed by atoms with Crippen LogP contribution in [0.5, 0.6) is 0 Å². The number of nitrogens with two attached hydrogens (primary N) is 1. The first-order valence-electron chi connectivity index (χ1n) is 4.84. The topological polar surface area (TPSA) is 81.2 Å². The van der Waals surface area contributed by atoms with Crippen LogP contribution in [-0.2, 0) is 10.2 Å². The molecule has 0 aromatic carbocycles. The Hall–Kier alpha value is -1.36. The Morgan fingerprint density at radius 2 is 2.20 bits per heavy atom. The van der Waals surface area contributed by atoms with E-state index in [0.29, 0.717) is 5.82 Å². The molecular formula is C10H17N3O2. The highest BCUT2D eigenvalue weighted by atomic mass is 16.5. The van der Waals surface area contributed by atoms with Gasteiger partial charge in [-0.3, -0.25) is 4.79 Å². The summed E-state index contributed by atoms with van der Waals surface area (Å²) in [6, 6.07) is 1.15. The fourth-order valence-corrected chi connectivity index (χ4v) is 0.928. The van der Waals surface area contributed by atoms with E-state index < -0.39 is 6.04 Å². The molecule has 1 amide bonds. The highest BCUT2D eigenvalue weighted by molar-refractivity contribution is 5.93. The monoisotopic (exact) mass is 211 g/mol. The molecule has 5 heteroatoms. The summed E-state index contributed by atoms with van der Waals surface area (Å²) < 4.78 is 5.10. The standard InChI is InChI=1S/C10H17N3O2/c1-6(11)9(14)12-8-5-7(15-13-8)10(2,3)4/h5-6H,11H2,1-4H3,(H,12,13,14). The van der Waals surface area contributed by atoms with Gasteiger partial charge in [-0.25, -0.2) is 0 Å². The van der Waals surface area contributed by atoms with Crippen molar-refractivity contribution < 1.29 is 9.32 Å². The molecule has 0 aliphatic rings. The number of hydrogen-bond donors (Lipinski definition) is 2. The lowest BCUT2D eigenvalue weighted by molar-refractivity contribution is -0.117. The summed E-state index contributed by atoms with van der Waals surface area (Å²) in [7, 11) is 0. The molecule has 84 valence electrons. The van der Waals surface area contributed by atoms with Gasteiger partial charge in [-0.05, 0) is 6.92 Å². The van der Waals surface area contributed by atoms with E-state index in [1.165, 1.54) is 0 Å². The SMILES string of the molecule is CC(N)C(=O)Nc1cc(C(C)(C)C)on1. The first-order chi connectivity index (χ1) is 6.80. The van der Waals surface area contributed by atoms with Crippen molar-refractivity contribution >= 4 is 11.7 Å². The fourth-order valence-electron chi connectivity index (χ4n) is 0.928. The molecule has 1 aromatic heterocycles. The predicted molar refractivity (Wildman–Crippen MR) is 57.5 cm³/mol. The molecule has 1 atom stereocenters. The summed E-state index contributed by atoms with van der Waals surface area (Å²) in [6.45, 7) is 7.63. The van der Waals surface area contributed by atoms with Gasteiger partial charge < -0.3 is 15.6 Å². The third kappa shape index (κ3) is 3.06. The van der Waals surface area contributed by atoms with Crippen LogP contribution in [0.15, 0.2) is 10.6 Å². The molecule has 0 radical (unpaired) electrons. The summed E-state index contributed by atoms with van der Waals surface area (Å²) >= 11 is 0. The number of nitrogens with zero attached hydrogens (tertiary/aromatic N) is 1. The molecule has 0 saturated heterocycles. The molecule has 1 heterocycles. The van der Waals surface area contributed by atoms with Gasteiger partial charge in [-0.15, -0.1) is 0 Å². The minimum atomic E-state index is -0.556. The number of nitrogens with one attached hydrogen (secondary N) is 1. The lowest BCUT2D eigenvalue weighted by Gasteiger charge is -2.12. The van der Waals surface area contributed by atoms with Gasteiger partial charge in [-0.2, -0.15) is 0 Å². The van der Waals surface area contributed by atoms with Gasteiger partial charge in [0.2, 0.25) is 5.91 Å². The Kier molecular flexibility index (Phi) is 3.14. The van der Waals surface area contributed by atoms with Crippen LogP contribution in [0.25, 0.3) is 0 Å². The molecule has 1 aromatic rings. The van der Waals surface area contributed by atoms with Crippen LogP contribution in [0.1, 0.15) is 33.5 Å². The minimum absolute atomic E-state index is 0.121. The maximum atomic E-state index is 11.3. The van der Waals surface area contributed by atoms with E-state index >= 15 is 0 Å². The maximum absolute atomic E-state index is 11.3. The zero-order valence-corrected chi connectivity index (χ0v) is 9.50. The van der Waals surface area contributed by atoms with Crippen LogP contribution in [0, 0.1) is 0 Å². The highest BCUT2D eigenvalue weighted by Gasteiger charge is 2.20. The molecule has 5 nitrogen and oxygen atoms in total. The van der Waals surface area contributed by atoms with Crippen LogP contribution < -0.4 is 11.1 Å². The van der Waals surface area contributed by atoms with Crippen molar-refractivity contribution in [2.45, 2.75) is 39.2 Å². The molecule has 0 bridgehead atoms. The van der Waals surface area contributed by atoms with Crippen LogP contribution in [0.2, 0.25) is 0 Å². The molecule has 1 unspecified atom stereocenters. The maximum Gasteiger partial charge on any atom is 0.242 e. The Balaban J connectivity index is 2.73. The van der Waals surface area contributed by atoms with Crippen molar-refractivity contribution in [1.82, 2.24) is 5.16 Å². The largest absolute Gasteiger partial charge is 0.359 e. The molecule has 0 fully saturated rings. The molecule has 0 spiro atoms. The number of anilines is 1. The number of amides is 1. The molecule has 0 saturated carbocycles. The smallest absolute Gasteiger partial charge is 0.242 e. The van der Waals surface area contributed by atoms with Crippen molar-refractivity contribution in [3.8, 4) is 0 Å². The van der Waals surface area contributed by atoms with Gasteiger partial charge >= 0.3 is 0 Å². The number of aromatic nitrogens is 1. The third-order valence-corrected chi connectivity index (χ3v) is 1.91. The number of hydrogen-bond acceptors (Lipinski definition) is 4. The van der Waals surface area contributed by atoms with Gasteiger partial charge in [0.05, 0.1) is 6.04 Å². The normalized spacial score (nSPS) is 13.7. The number of carbonyl (C=O) groups excluding carboxylic acids is 1. The predicted octanol–water partition coefficient (Wildman–Crippen LogP) is 1.26. The average Bonchev–Trinajstić information content (AvgIpc) is 2.51. The fraction of sp³-hybridized carbons (Fsp3) is 0.600. The highest BCUT2D eigenvalue weighted by Crippen LogP contribution is 2.24. The van der Waals surface area contributed by atoms with Gasteiger partial charge in [0.1, 0.15) is 5.76 Å². The van der Waals surface area contributed by atoms with Crippen LogP contribution >= 0.6 is 0 Å². The molecule has 3 N–H and O–H groups in total. The van der Waals surface area contributed by atoms with E-state index in [1.54, 1.807) is 13.0 Å². The molecule has 15 heavy (non-hydrogen) atoms. The van der Waals surface area contributed by atoms with Crippen LogP contribution in [-0.4, -0.2) is 17.1 Å². The second kappa shape index (κ2) is 4.02. The molecule has 1 rings (SSSR count). The first kappa shape index (κ1) is 11.7. The van der Waals surface area contributed by atoms with E-state index in [-0.39, 0.29) is 11.3 Å². The molecule has 0 aliphatic carbocycles. The van der Waals surface area contributed by atoms with E-state index in [2.05, 4.69) is 10.5 Å². The van der Waals surface area contributed by atoms with Gasteiger partial charge in [-0.1, -0.05) is 25.9 Å². The van der Waals surface area contributed by atoms with Crippen molar-refractivity contribution in [3.63, 3.8) is 0 Å². The van der Waals surface area contributed by atoms with Crippen molar-refractivity contribution in [2.75, 3.05) is 5.32 Å². The summed E-state index contributed by atoms with van der Waals surface area (Å²) in [5.41, 5.74) is 5.29. The van der Waals surface area contributed by atoms with Crippen molar-refractivity contribution in [3.05, 3.63) is 11.8 Å². The van der Waals surface area contributed by atoms with E-state index in [0.717, 1.165) is 5.76 Å². The summed E-state index contributed by atoms with van der Waals surface area (Å²) in [4.78, 5) is 11.3. The Bertz CT molecular complexity index is 350. The van der Waals surface area contributed by atoms with Crippen molar-refractivity contribution in [2.24, 2.45) is 5.73 Å². The second-order valence-electron chi connectivity index (χ2n) is 4.60. The molecular weight excluding hydrogens is 194 g/mol. The summed E-state index contributed by atoms with van der Waals surface area (Å²) in [5.74, 6) is 0.855. The average molecular weight is 211 g/mol. The summed E-state index contributed by atoms with van der Waals surface area (Å²) in [5, 5.41) is 6.31. The summed E-state index contributed by atoms with van der Waals surface area (Å²) in [6.07, 6.45) is 0. The van der Waals surface area contributed by atoms with Gasteiger partial charge in [0.25, 0.3) is 0 Å². The van der Waals surface area contributed by atoms with Crippen LogP contribution in [0.4, 0.5) is 5.82 Å². The zero-order valence-electron chi connectivity index (χ0n) is 9.50. The lowest BCUT2D eigenvalue weighted by atomic mass is 9.93. The zero-order chi connectivity index (χ0) is 11.6. The first-order valence-corrected chi connectivity index (χ1v) is 4.84. The lowest BCUT2D eigenvalue weighted by Crippen LogP contribution is -2.32. The number of carbonyl (C=O) groups is 1. The second-order valence-corrected chi connectivity index (χ2v) is 4.60. The van der Waals surface area contributed by atoms with E-state index in [9.17, 15) is 4.79 Å². The van der Waals surface area contributed by atoms with Crippen LogP contribution in [0.3, 0.4) is 0 Å². The van der Waals surface area contributed by atoms with E-state index in [1.807, 2.05) is 20.8 Å². The minimum Gasteiger partial charge on any atom is -0.359 e. The third-order valence-electron chi connectivity index (χ3n) is 1.91. The number of rotatable bonds is 2. The van der Waals surface area contributed by atoms with Gasteiger partial charge in [0.15, 0.2) is 5.82 Å².